The summed E-state index contributed by atoms with van der Waals surface area (Å²) >= 11 is 0. The Morgan fingerprint density at radius 2 is 2.11 bits per heavy atom. The zero-order valence-corrected chi connectivity index (χ0v) is 15.4. The van der Waals surface area contributed by atoms with Gasteiger partial charge in [-0.2, -0.15) is 0 Å². The molecule has 7 heteroatoms. The molecule has 1 aromatic carbocycles. The molecule has 1 fully saturated rings. The Hall–Kier alpha value is -2.67. The van der Waals surface area contributed by atoms with E-state index in [1.807, 2.05) is 24.3 Å². The fraction of sp³-hybridized carbons (Fsp3) is 0.450. The minimum absolute atomic E-state index is 0.0570. The van der Waals surface area contributed by atoms with Crippen molar-refractivity contribution in [3.8, 4) is 11.5 Å². The Kier molecular flexibility index (Phi) is 4.16. The van der Waals surface area contributed by atoms with Gasteiger partial charge < -0.3 is 14.0 Å². The van der Waals surface area contributed by atoms with Gasteiger partial charge in [-0.05, 0) is 38.4 Å². The summed E-state index contributed by atoms with van der Waals surface area (Å²) in [6, 6.07) is 8.25. The number of imidazole rings is 1. The number of ether oxygens (including phenoxy) is 2. The molecule has 4 heterocycles. The quantitative estimate of drug-likeness (QED) is 0.711. The first-order valence-electron chi connectivity index (χ1n) is 9.53. The normalized spacial score (nSPS) is 22.9. The predicted molar refractivity (Wildman–Crippen MR) is 101 cm³/mol. The van der Waals surface area contributed by atoms with Crippen LogP contribution >= 0.6 is 0 Å². The summed E-state index contributed by atoms with van der Waals surface area (Å²) < 4.78 is 14.3. The molecule has 7 nitrogen and oxygen atoms in total. The van der Waals surface area contributed by atoms with Gasteiger partial charge in [0.1, 0.15) is 30.4 Å². The van der Waals surface area contributed by atoms with Crippen molar-refractivity contribution < 1.29 is 9.47 Å². The summed E-state index contributed by atoms with van der Waals surface area (Å²) in [7, 11) is 0. The standard InChI is InChI=1S/C20H23N5O2/c1-14-23-17-9-21-13-22-20(17)25(14)15-5-4-8-24(10-15)11-16-12-26-18-6-2-3-7-19(18)27-16/h2-3,6-7,9,13,15-16H,4-5,8,10-12H2,1H3. The fourth-order valence-corrected chi connectivity index (χ4v) is 4.25. The first-order valence-corrected chi connectivity index (χ1v) is 9.53. The first-order chi connectivity index (χ1) is 13.3. The summed E-state index contributed by atoms with van der Waals surface area (Å²) in [6.07, 6.45) is 5.74. The van der Waals surface area contributed by atoms with E-state index in [9.17, 15) is 0 Å². The van der Waals surface area contributed by atoms with Crippen LogP contribution in [0.2, 0.25) is 0 Å². The molecule has 0 saturated carbocycles. The lowest BCUT2D eigenvalue weighted by Crippen LogP contribution is -2.45. The molecule has 2 unspecified atom stereocenters. The zero-order valence-electron chi connectivity index (χ0n) is 15.4. The van der Waals surface area contributed by atoms with Crippen molar-refractivity contribution in [1.29, 1.82) is 0 Å². The van der Waals surface area contributed by atoms with Crippen LogP contribution in [0.5, 0.6) is 11.5 Å². The number of rotatable bonds is 3. The topological polar surface area (TPSA) is 65.3 Å². The molecular weight excluding hydrogens is 342 g/mol. The van der Waals surface area contributed by atoms with Crippen molar-refractivity contribution >= 4 is 11.2 Å². The number of para-hydroxylation sites is 2. The fourth-order valence-electron chi connectivity index (χ4n) is 4.25. The van der Waals surface area contributed by atoms with Crippen LogP contribution in [0.4, 0.5) is 0 Å². The maximum atomic E-state index is 6.15. The highest BCUT2D eigenvalue weighted by molar-refractivity contribution is 5.70. The average Bonchev–Trinajstić information content (AvgIpc) is 3.04. The molecule has 2 aliphatic rings. The Morgan fingerprint density at radius 3 is 3.04 bits per heavy atom. The number of fused-ring (bicyclic) bond motifs is 2. The largest absolute Gasteiger partial charge is 0.486 e. The highest BCUT2D eigenvalue weighted by Gasteiger charge is 2.28. The summed E-state index contributed by atoms with van der Waals surface area (Å²) in [4.78, 5) is 15.7. The Labute approximate surface area is 158 Å². The van der Waals surface area contributed by atoms with E-state index in [1.54, 1.807) is 12.5 Å². The number of nitrogens with zero attached hydrogens (tertiary/aromatic N) is 5. The molecule has 0 radical (unpaired) electrons. The highest BCUT2D eigenvalue weighted by atomic mass is 16.6. The number of benzene rings is 1. The van der Waals surface area contributed by atoms with Crippen LogP contribution in [0.3, 0.4) is 0 Å². The second kappa shape index (κ2) is 6.81. The van der Waals surface area contributed by atoms with Crippen LogP contribution in [0, 0.1) is 6.92 Å². The molecule has 0 aliphatic carbocycles. The van der Waals surface area contributed by atoms with E-state index in [4.69, 9.17) is 9.47 Å². The molecule has 2 atom stereocenters. The van der Waals surface area contributed by atoms with E-state index in [1.165, 1.54) is 0 Å². The maximum absolute atomic E-state index is 6.15. The van der Waals surface area contributed by atoms with Gasteiger partial charge in [0.25, 0.3) is 0 Å². The average molecular weight is 365 g/mol. The molecule has 0 amide bonds. The van der Waals surface area contributed by atoms with Gasteiger partial charge in [-0.15, -0.1) is 0 Å². The van der Waals surface area contributed by atoms with Crippen LogP contribution < -0.4 is 9.47 Å². The van der Waals surface area contributed by atoms with Crippen molar-refractivity contribution in [1.82, 2.24) is 24.4 Å². The first kappa shape index (κ1) is 16.5. The molecule has 2 aliphatic heterocycles. The van der Waals surface area contributed by atoms with Crippen molar-refractivity contribution in [3.63, 3.8) is 0 Å². The molecule has 0 N–H and O–H groups in total. The monoisotopic (exact) mass is 365 g/mol. The smallest absolute Gasteiger partial charge is 0.163 e. The summed E-state index contributed by atoms with van der Waals surface area (Å²) in [6.45, 7) is 5.57. The van der Waals surface area contributed by atoms with Crippen LogP contribution in [0.15, 0.2) is 36.8 Å². The predicted octanol–water partition coefficient (Wildman–Crippen LogP) is 2.61. The molecule has 5 rings (SSSR count). The number of likely N-dealkylation sites (tertiary alicyclic amines) is 1. The number of aromatic nitrogens is 4. The Morgan fingerprint density at radius 1 is 1.22 bits per heavy atom. The summed E-state index contributed by atoms with van der Waals surface area (Å²) in [5.41, 5.74) is 1.80. The van der Waals surface area contributed by atoms with Gasteiger partial charge >= 0.3 is 0 Å². The van der Waals surface area contributed by atoms with Gasteiger partial charge in [0.05, 0.1) is 6.20 Å². The third-order valence-electron chi connectivity index (χ3n) is 5.41. The van der Waals surface area contributed by atoms with Gasteiger partial charge in [-0.25, -0.2) is 15.0 Å². The minimum Gasteiger partial charge on any atom is -0.486 e. The van der Waals surface area contributed by atoms with Gasteiger partial charge in [0.15, 0.2) is 17.1 Å². The molecule has 0 spiro atoms. The molecular formula is C20H23N5O2. The van der Waals surface area contributed by atoms with Crippen LogP contribution in [0.1, 0.15) is 24.7 Å². The van der Waals surface area contributed by atoms with Gasteiger partial charge in [0.2, 0.25) is 0 Å². The van der Waals surface area contributed by atoms with E-state index in [-0.39, 0.29) is 6.10 Å². The summed E-state index contributed by atoms with van der Waals surface area (Å²) in [5.74, 6) is 2.68. The van der Waals surface area contributed by atoms with Crippen molar-refractivity contribution in [2.45, 2.75) is 31.9 Å². The highest BCUT2D eigenvalue weighted by Crippen LogP contribution is 2.32. The maximum Gasteiger partial charge on any atom is 0.163 e. The second-order valence-corrected chi connectivity index (χ2v) is 7.31. The summed E-state index contributed by atoms with van der Waals surface area (Å²) in [5, 5.41) is 0. The van der Waals surface area contributed by atoms with Crippen LogP contribution in [-0.2, 0) is 0 Å². The van der Waals surface area contributed by atoms with E-state index in [2.05, 4.69) is 31.3 Å². The Bertz CT molecular complexity index is 956. The van der Waals surface area contributed by atoms with E-state index in [0.717, 1.165) is 61.0 Å². The van der Waals surface area contributed by atoms with Crippen LogP contribution in [-0.4, -0.2) is 56.8 Å². The van der Waals surface area contributed by atoms with Crippen molar-refractivity contribution in [3.05, 3.63) is 42.6 Å². The SMILES string of the molecule is Cc1nc2cncnc2n1C1CCCN(CC2COc3ccccc3O2)C1. The lowest BCUT2D eigenvalue weighted by Gasteiger charge is -2.37. The van der Waals surface area contributed by atoms with E-state index >= 15 is 0 Å². The van der Waals surface area contributed by atoms with Crippen LogP contribution in [0.25, 0.3) is 11.2 Å². The lowest BCUT2D eigenvalue weighted by atomic mass is 10.0. The van der Waals surface area contributed by atoms with E-state index < -0.39 is 0 Å². The third-order valence-corrected chi connectivity index (χ3v) is 5.41. The van der Waals surface area contributed by atoms with Crippen molar-refractivity contribution in [2.75, 3.05) is 26.2 Å². The molecule has 1 saturated heterocycles. The number of hydrogen-bond donors (Lipinski definition) is 0. The van der Waals surface area contributed by atoms with Crippen molar-refractivity contribution in [2.24, 2.45) is 0 Å². The number of piperidine rings is 1. The molecule has 140 valence electrons. The van der Waals surface area contributed by atoms with Gasteiger partial charge in [0, 0.05) is 19.1 Å². The third kappa shape index (κ3) is 3.12. The minimum atomic E-state index is 0.0570. The lowest BCUT2D eigenvalue weighted by molar-refractivity contribution is 0.0462. The zero-order chi connectivity index (χ0) is 18.2. The molecule has 27 heavy (non-hydrogen) atoms. The number of aryl methyl sites for hydroxylation is 1. The molecule has 3 aromatic rings. The second-order valence-electron chi connectivity index (χ2n) is 7.31. The molecule has 2 aromatic heterocycles. The Balaban J connectivity index is 1.31. The molecule has 0 bridgehead atoms. The number of hydrogen-bond acceptors (Lipinski definition) is 6. The van der Waals surface area contributed by atoms with E-state index in [0.29, 0.717) is 12.6 Å². The van der Waals surface area contributed by atoms with Gasteiger partial charge in [-0.1, -0.05) is 12.1 Å². The van der Waals surface area contributed by atoms with Gasteiger partial charge in [-0.3, -0.25) is 4.90 Å².